The van der Waals surface area contributed by atoms with Crippen molar-refractivity contribution in [3.63, 3.8) is 0 Å². The zero-order valence-corrected chi connectivity index (χ0v) is 18.9. The summed E-state index contributed by atoms with van der Waals surface area (Å²) in [5.41, 5.74) is 6.71. The second kappa shape index (κ2) is 10.5. The standard InChI is InChI=1S/C21H28N6O4S/c1-31-19-9-8-15(32(29,30)27-11-4-2-3-5-12-27)13-16(19)21(28)24-10-6-7-18-17(14-22)20(23)26-25-18/h8-9,13H,2-7,10-12H2,1H3,(H,24,28)(H3,23,25,26). The molecule has 3 rings (SSSR count). The van der Waals surface area contributed by atoms with Crippen LogP contribution in [0.3, 0.4) is 0 Å². The molecular weight excluding hydrogens is 432 g/mol. The number of sulfonamides is 1. The molecule has 1 aliphatic heterocycles. The molecule has 0 spiro atoms. The summed E-state index contributed by atoms with van der Waals surface area (Å²) >= 11 is 0. The van der Waals surface area contributed by atoms with Crippen molar-refractivity contribution in [1.29, 1.82) is 5.26 Å². The first kappa shape index (κ1) is 23.6. The lowest BCUT2D eigenvalue weighted by Crippen LogP contribution is -2.32. The zero-order chi connectivity index (χ0) is 23.1. The van der Waals surface area contributed by atoms with Gasteiger partial charge >= 0.3 is 0 Å². The fraction of sp³-hybridized carbons (Fsp3) is 0.476. The monoisotopic (exact) mass is 460 g/mol. The third kappa shape index (κ3) is 5.20. The minimum Gasteiger partial charge on any atom is -0.496 e. The molecule has 0 aliphatic carbocycles. The number of carbonyl (C=O) groups excluding carboxylic acids is 1. The van der Waals surface area contributed by atoms with Crippen molar-refractivity contribution in [1.82, 2.24) is 19.8 Å². The molecule has 2 heterocycles. The molecule has 0 saturated carbocycles. The van der Waals surface area contributed by atoms with E-state index in [1.165, 1.54) is 29.6 Å². The van der Waals surface area contributed by atoms with Crippen LogP contribution in [-0.4, -0.2) is 55.6 Å². The number of benzene rings is 1. The number of ether oxygens (including phenoxy) is 1. The molecule has 1 saturated heterocycles. The third-order valence-electron chi connectivity index (χ3n) is 5.49. The summed E-state index contributed by atoms with van der Waals surface area (Å²) in [4.78, 5) is 12.9. The van der Waals surface area contributed by atoms with Crippen LogP contribution >= 0.6 is 0 Å². The molecule has 32 heavy (non-hydrogen) atoms. The molecule has 2 aromatic rings. The Hall–Kier alpha value is -3.10. The van der Waals surface area contributed by atoms with Gasteiger partial charge in [0.15, 0.2) is 5.82 Å². The topological polar surface area (TPSA) is 154 Å². The Bertz CT molecular complexity index is 1100. The smallest absolute Gasteiger partial charge is 0.255 e. The highest BCUT2D eigenvalue weighted by Gasteiger charge is 2.27. The van der Waals surface area contributed by atoms with E-state index in [9.17, 15) is 13.2 Å². The highest BCUT2D eigenvalue weighted by Crippen LogP contribution is 2.26. The van der Waals surface area contributed by atoms with E-state index in [1.54, 1.807) is 0 Å². The summed E-state index contributed by atoms with van der Waals surface area (Å²) in [5.74, 6) is 0.0172. The lowest BCUT2D eigenvalue weighted by molar-refractivity contribution is 0.0950. The summed E-state index contributed by atoms with van der Waals surface area (Å²) in [6, 6.07) is 6.36. The predicted molar refractivity (Wildman–Crippen MR) is 119 cm³/mol. The van der Waals surface area contributed by atoms with Gasteiger partial charge in [0.25, 0.3) is 5.91 Å². The predicted octanol–water partition coefficient (Wildman–Crippen LogP) is 1.80. The van der Waals surface area contributed by atoms with Crippen LogP contribution < -0.4 is 15.8 Å². The maximum atomic E-state index is 13.1. The number of hydrogen-bond acceptors (Lipinski definition) is 7. The number of aromatic nitrogens is 2. The molecule has 0 atom stereocenters. The van der Waals surface area contributed by atoms with Gasteiger partial charge in [0.05, 0.1) is 23.3 Å². The summed E-state index contributed by atoms with van der Waals surface area (Å²) < 4.78 is 33.0. The molecule has 0 radical (unpaired) electrons. The lowest BCUT2D eigenvalue weighted by atomic mass is 10.1. The van der Waals surface area contributed by atoms with Crippen molar-refractivity contribution < 1.29 is 17.9 Å². The molecule has 0 bridgehead atoms. The van der Waals surface area contributed by atoms with Crippen LogP contribution in [-0.2, 0) is 16.4 Å². The van der Waals surface area contributed by atoms with Gasteiger partial charge in [-0.2, -0.15) is 14.7 Å². The second-order valence-corrected chi connectivity index (χ2v) is 9.55. The molecule has 172 valence electrons. The Morgan fingerprint density at radius 1 is 1.31 bits per heavy atom. The van der Waals surface area contributed by atoms with Crippen molar-refractivity contribution >= 4 is 21.7 Å². The van der Waals surface area contributed by atoms with Crippen LogP contribution in [0.15, 0.2) is 23.1 Å². The Morgan fingerprint density at radius 2 is 2.03 bits per heavy atom. The minimum atomic E-state index is -3.69. The van der Waals surface area contributed by atoms with Gasteiger partial charge in [-0.05, 0) is 43.9 Å². The maximum absolute atomic E-state index is 13.1. The first-order chi connectivity index (χ1) is 15.4. The SMILES string of the molecule is COc1ccc(S(=O)(=O)N2CCCCCC2)cc1C(=O)NCCCc1[nH]nc(N)c1C#N. The summed E-state index contributed by atoms with van der Waals surface area (Å²) in [6.45, 7) is 1.28. The molecule has 1 aromatic carbocycles. The quantitative estimate of drug-likeness (QED) is 0.507. The fourth-order valence-electron chi connectivity index (χ4n) is 3.72. The van der Waals surface area contributed by atoms with E-state index in [-0.39, 0.29) is 16.3 Å². The Balaban J connectivity index is 1.69. The Kier molecular flexibility index (Phi) is 7.71. The highest BCUT2D eigenvalue weighted by molar-refractivity contribution is 7.89. The number of aryl methyl sites for hydroxylation is 1. The molecular formula is C21H28N6O4S. The van der Waals surface area contributed by atoms with Crippen molar-refractivity contribution in [3.8, 4) is 11.8 Å². The number of nitrogen functional groups attached to an aromatic ring is 1. The van der Waals surface area contributed by atoms with Gasteiger partial charge < -0.3 is 15.8 Å². The number of anilines is 1. The van der Waals surface area contributed by atoms with Crippen molar-refractivity contribution in [2.24, 2.45) is 0 Å². The normalized spacial score (nSPS) is 15.0. The van der Waals surface area contributed by atoms with Crippen LogP contribution in [0.2, 0.25) is 0 Å². The van der Waals surface area contributed by atoms with Gasteiger partial charge in [0.1, 0.15) is 17.4 Å². The number of nitriles is 1. The number of rotatable bonds is 8. The number of amides is 1. The van der Waals surface area contributed by atoms with Crippen LogP contribution in [0.4, 0.5) is 5.82 Å². The van der Waals surface area contributed by atoms with Gasteiger partial charge in [-0.25, -0.2) is 8.42 Å². The lowest BCUT2D eigenvalue weighted by Gasteiger charge is -2.20. The zero-order valence-electron chi connectivity index (χ0n) is 18.1. The molecule has 0 unspecified atom stereocenters. The molecule has 1 aliphatic rings. The molecule has 1 aromatic heterocycles. The van der Waals surface area contributed by atoms with E-state index in [1.807, 2.05) is 6.07 Å². The van der Waals surface area contributed by atoms with Crippen LogP contribution in [0.25, 0.3) is 0 Å². The number of nitrogens with zero attached hydrogens (tertiary/aromatic N) is 3. The molecule has 11 heteroatoms. The largest absolute Gasteiger partial charge is 0.496 e. The number of nitrogens with two attached hydrogens (primary N) is 1. The Labute approximate surface area is 187 Å². The third-order valence-corrected chi connectivity index (χ3v) is 7.38. The van der Waals surface area contributed by atoms with Gasteiger partial charge in [0, 0.05) is 19.6 Å². The molecule has 1 fully saturated rings. The van der Waals surface area contributed by atoms with Gasteiger partial charge in [-0.3, -0.25) is 9.89 Å². The number of carbonyl (C=O) groups is 1. The highest BCUT2D eigenvalue weighted by atomic mass is 32.2. The van der Waals surface area contributed by atoms with Crippen molar-refractivity contribution in [2.45, 2.75) is 43.4 Å². The van der Waals surface area contributed by atoms with E-state index in [4.69, 9.17) is 15.7 Å². The number of nitrogens with one attached hydrogen (secondary N) is 2. The van der Waals surface area contributed by atoms with E-state index in [0.29, 0.717) is 49.5 Å². The minimum absolute atomic E-state index is 0.0805. The molecule has 1 amide bonds. The van der Waals surface area contributed by atoms with E-state index < -0.39 is 15.9 Å². The van der Waals surface area contributed by atoms with Crippen molar-refractivity contribution in [3.05, 3.63) is 35.0 Å². The summed E-state index contributed by atoms with van der Waals surface area (Å²) in [6.07, 6.45) is 4.72. The second-order valence-electron chi connectivity index (χ2n) is 7.61. The summed E-state index contributed by atoms with van der Waals surface area (Å²) in [7, 11) is -2.26. The number of hydrogen-bond donors (Lipinski definition) is 3. The van der Waals surface area contributed by atoms with Crippen LogP contribution in [0.1, 0.15) is 53.7 Å². The molecule has 10 nitrogen and oxygen atoms in total. The maximum Gasteiger partial charge on any atom is 0.255 e. The van der Waals surface area contributed by atoms with E-state index in [2.05, 4.69) is 15.5 Å². The van der Waals surface area contributed by atoms with Crippen molar-refractivity contribution in [2.75, 3.05) is 32.5 Å². The first-order valence-electron chi connectivity index (χ1n) is 10.6. The van der Waals surface area contributed by atoms with E-state index in [0.717, 1.165) is 25.7 Å². The molecule has 4 N–H and O–H groups in total. The average molecular weight is 461 g/mol. The first-order valence-corrected chi connectivity index (χ1v) is 12.0. The number of H-pyrrole nitrogens is 1. The Morgan fingerprint density at radius 3 is 2.69 bits per heavy atom. The number of aromatic amines is 1. The number of methoxy groups -OCH3 is 1. The summed E-state index contributed by atoms with van der Waals surface area (Å²) in [5, 5.41) is 18.4. The van der Waals surface area contributed by atoms with Crippen LogP contribution in [0, 0.1) is 11.3 Å². The van der Waals surface area contributed by atoms with Crippen LogP contribution in [0.5, 0.6) is 5.75 Å². The van der Waals surface area contributed by atoms with Gasteiger partial charge in [-0.15, -0.1) is 0 Å². The van der Waals surface area contributed by atoms with E-state index >= 15 is 0 Å². The fourth-order valence-corrected chi connectivity index (χ4v) is 5.26. The van der Waals surface area contributed by atoms with Gasteiger partial charge in [0.2, 0.25) is 10.0 Å². The average Bonchev–Trinajstić information content (AvgIpc) is 2.97. The van der Waals surface area contributed by atoms with Gasteiger partial charge in [-0.1, -0.05) is 12.8 Å².